The van der Waals surface area contributed by atoms with E-state index in [-0.39, 0.29) is 35.9 Å². The molecule has 1 aliphatic carbocycles. The van der Waals surface area contributed by atoms with Gasteiger partial charge in [0.25, 0.3) is 5.91 Å². The maximum atomic E-state index is 12.9. The number of ether oxygens (including phenoxy) is 1. The molecule has 0 spiro atoms. The van der Waals surface area contributed by atoms with Gasteiger partial charge < -0.3 is 20.1 Å². The van der Waals surface area contributed by atoms with E-state index in [4.69, 9.17) is 14.6 Å². The lowest BCUT2D eigenvalue weighted by molar-refractivity contribution is -0.192. The molecule has 1 aliphatic heterocycles. The van der Waals surface area contributed by atoms with Crippen LogP contribution in [0.25, 0.3) is 0 Å². The summed E-state index contributed by atoms with van der Waals surface area (Å²) in [4.78, 5) is 40.3. The van der Waals surface area contributed by atoms with Gasteiger partial charge in [-0.05, 0) is 45.7 Å². The van der Waals surface area contributed by atoms with Crippen molar-refractivity contribution in [3.05, 3.63) is 29.6 Å². The van der Waals surface area contributed by atoms with Gasteiger partial charge in [0.2, 0.25) is 5.91 Å². The topological polar surface area (TPSA) is 109 Å². The summed E-state index contributed by atoms with van der Waals surface area (Å²) >= 11 is 0. The standard InChI is InChI=1S/C18H25N3O3.C2HF3O2/c1-11(2)19-17(22)13-9-15-16(10-13)24-8-7-21(15)18(23)14-6-4-5-12(3)20-14;3-2(4,5)1(6)7/h4-6,11,13,15-16H,7-10H2,1-3H3,(H,19,22);(H,6,7)/t13-,15+,16+;/m0./s1. The van der Waals surface area contributed by atoms with E-state index in [0.29, 0.717) is 31.7 Å². The third kappa shape index (κ3) is 6.65. The zero-order chi connectivity index (χ0) is 23.3. The number of nitrogens with one attached hydrogen (secondary N) is 1. The van der Waals surface area contributed by atoms with E-state index in [2.05, 4.69) is 10.3 Å². The zero-order valence-electron chi connectivity index (χ0n) is 17.5. The summed E-state index contributed by atoms with van der Waals surface area (Å²) < 4.78 is 37.6. The Balaban J connectivity index is 0.000000423. The predicted molar refractivity (Wildman–Crippen MR) is 103 cm³/mol. The second kappa shape index (κ2) is 10.1. The van der Waals surface area contributed by atoms with Crippen LogP contribution in [0, 0.1) is 12.8 Å². The molecule has 1 saturated carbocycles. The molecule has 2 heterocycles. The first kappa shape index (κ1) is 24.6. The second-order valence-electron chi connectivity index (χ2n) is 7.77. The number of amides is 2. The number of alkyl halides is 3. The van der Waals surface area contributed by atoms with Gasteiger partial charge in [-0.3, -0.25) is 9.59 Å². The summed E-state index contributed by atoms with van der Waals surface area (Å²) in [5, 5.41) is 10.1. The molecule has 0 radical (unpaired) electrons. The minimum Gasteiger partial charge on any atom is -0.475 e. The maximum absolute atomic E-state index is 12.9. The van der Waals surface area contributed by atoms with Gasteiger partial charge in [-0.1, -0.05) is 6.07 Å². The highest BCUT2D eigenvalue weighted by Gasteiger charge is 2.45. The van der Waals surface area contributed by atoms with Crippen LogP contribution in [0.1, 0.15) is 42.9 Å². The zero-order valence-corrected chi connectivity index (χ0v) is 17.5. The van der Waals surface area contributed by atoms with Gasteiger partial charge in [0.15, 0.2) is 0 Å². The monoisotopic (exact) mass is 445 g/mol. The molecule has 2 fully saturated rings. The number of carbonyl (C=O) groups excluding carboxylic acids is 2. The van der Waals surface area contributed by atoms with E-state index in [9.17, 15) is 22.8 Å². The highest BCUT2D eigenvalue weighted by Crippen LogP contribution is 2.35. The van der Waals surface area contributed by atoms with E-state index in [0.717, 1.165) is 5.69 Å². The molecule has 0 aromatic carbocycles. The first-order chi connectivity index (χ1) is 14.4. The summed E-state index contributed by atoms with van der Waals surface area (Å²) in [5.41, 5.74) is 1.29. The van der Waals surface area contributed by atoms with Crippen molar-refractivity contribution < 1.29 is 37.4 Å². The Bertz CT molecular complexity index is 815. The largest absolute Gasteiger partial charge is 0.490 e. The van der Waals surface area contributed by atoms with Crippen molar-refractivity contribution in [3.63, 3.8) is 0 Å². The number of hydrogen-bond acceptors (Lipinski definition) is 5. The minimum atomic E-state index is -5.08. The lowest BCUT2D eigenvalue weighted by atomic mass is 10.1. The lowest BCUT2D eigenvalue weighted by Crippen LogP contribution is -2.51. The van der Waals surface area contributed by atoms with Crippen molar-refractivity contribution in [2.75, 3.05) is 13.2 Å². The summed E-state index contributed by atoms with van der Waals surface area (Å²) in [5.74, 6) is -2.86. The van der Waals surface area contributed by atoms with Gasteiger partial charge in [-0.25, -0.2) is 9.78 Å². The Morgan fingerprint density at radius 2 is 1.90 bits per heavy atom. The van der Waals surface area contributed by atoms with Gasteiger partial charge >= 0.3 is 12.1 Å². The Morgan fingerprint density at radius 3 is 2.45 bits per heavy atom. The van der Waals surface area contributed by atoms with Crippen molar-refractivity contribution in [2.24, 2.45) is 5.92 Å². The number of hydrogen-bond donors (Lipinski definition) is 2. The molecular formula is C20H26F3N3O5. The summed E-state index contributed by atoms with van der Waals surface area (Å²) in [6.07, 6.45) is -3.81. The smallest absolute Gasteiger partial charge is 0.475 e. The molecule has 2 N–H and O–H groups in total. The molecule has 0 unspecified atom stereocenters. The number of morpholine rings is 1. The third-order valence-corrected chi connectivity index (χ3v) is 4.95. The molecule has 3 rings (SSSR count). The fourth-order valence-corrected chi connectivity index (χ4v) is 3.63. The van der Waals surface area contributed by atoms with E-state index in [1.807, 2.05) is 37.8 Å². The number of aromatic nitrogens is 1. The van der Waals surface area contributed by atoms with Crippen LogP contribution in [0.5, 0.6) is 0 Å². The average Bonchev–Trinajstić information content (AvgIpc) is 3.11. The Hall–Kier alpha value is -2.69. The summed E-state index contributed by atoms with van der Waals surface area (Å²) in [7, 11) is 0. The van der Waals surface area contributed by atoms with Crippen molar-refractivity contribution in [2.45, 2.75) is 58.0 Å². The molecule has 2 amide bonds. The van der Waals surface area contributed by atoms with Crippen LogP contribution in [0.2, 0.25) is 0 Å². The van der Waals surface area contributed by atoms with Gasteiger partial charge in [0.05, 0.1) is 18.8 Å². The van der Waals surface area contributed by atoms with E-state index in [1.165, 1.54) is 0 Å². The van der Waals surface area contributed by atoms with Gasteiger partial charge in [0, 0.05) is 24.2 Å². The average molecular weight is 445 g/mol. The van der Waals surface area contributed by atoms with Crippen LogP contribution in [-0.4, -0.2) is 70.3 Å². The number of halogens is 3. The molecule has 31 heavy (non-hydrogen) atoms. The molecule has 8 nitrogen and oxygen atoms in total. The number of fused-ring (bicyclic) bond motifs is 1. The van der Waals surface area contributed by atoms with Crippen LogP contribution in [0.15, 0.2) is 18.2 Å². The van der Waals surface area contributed by atoms with E-state index in [1.54, 1.807) is 6.07 Å². The Labute approximate surface area is 177 Å². The number of aryl methyl sites for hydroxylation is 1. The SMILES string of the molecule is Cc1cccc(C(=O)N2CCO[C@@H]3C[C@@H](C(=O)NC(C)C)C[C@H]32)n1.O=C(O)C(F)(F)F. The van der Waals surface area contributed by atoms with Gasteiger partial charge in [0.1, 0.15) is 5.69 Å². The molecule has 2 aliphatic rings. The molecule has 172 valence electrons. The van der Waals surface area contributed by atoms with Gasteiger partial charge in [-0.2, -0.15) is 13.2 Å². The van der Waals surface area contributed by atoms with E-state index >= 15 is 0 Å². The Morgan fingerprint density at radius 1 is 1.26 bits per heavy atom. The molecule has 1 saturated heterocycles. The number of carbonyl (C=O) groups is 3. The number of aliphatic carboxylic acids is 1. The number of pyridine rings is 1. The van der Waals surface area contributed by atoms with Gasteiger partial charge in [-0.15, -0.1) is 0 Å². The number of rotatable bonds is 3. The van der Waals surface area contributed by atoms with Crippen LogP contribution in [0.3, 0.4) is 0 Å². The molecule has 1 aromatic heterocycles. The number of carboxylic acids is 1. The Kier molecular flexibility index (Phi) is 7.99. The first-order valence-electron chi connectivity index (χ1n) is 9.86. The first-order valence-corrected chi connectivity index (χ1v) is 9.86. The molecular weight excluding hydrogens is 419 g/mol. The van der Waals surface area contributed by atoms with Crippen molar-refractivity contribution in [3.8, 4) is 0 Å². The molecule has 11 heteroatoms. The van der Waals surface area contributed by atoms with Crippen LogP contribution in [0.4, 0.5) is 13.2 Å². The third-order valence-electron chi connectivity index (χ3n) is 4.95. The predicted octanol–water partition coefficient (Wildman–Crippen LogP) is 2.17. The molecule has 1 aromatic rings. The summed E-state index contributed by atoms with van der Waals surface area (Å²) in [6, 6.07) is 5.55. The number of nitrogens with zero attached hydrogens (tertiary/aromatic N) is 2. The number of carboxylic acid groups (broad SMARTS) is 1. The quantitative estimate of drug-likeness (QED) is 0.738. The van der Waals surface area contributed by atoms with Crippen LogP contribution < -0.4 is 5.32 Å². The van der Waals surface area contributed by atoms with Crippen molar-refractivity contribution in [1.82, 2.24) is 15.2 Å². The van der Waals surface area contributed by atoms with Crippen molar-refractivity contribution in [1.29, 1.82) is 0 Å². The minimum absolute atomic E-state index is 0.0449. The normalized spacial score (nSPS) is 22.9. The fourth-order valence-electron chi connectivity index (χ4n) is 3.63. The van der Waals surface area contributed by atoms with E-state index < -0.39 is 12.1 Å². The molecule has 0 bridgehead atoms. The van der Waals surface area contributed by atoms with Crippen LogP contribution >= 0.6 is 0 Å². The van der Waals surface area contributed by atoms with Crippen LogP contribution in [-0.2, 0) is 14.3 Å². The lowest BCUT2D eigenvalue weighted by Gasteiger charge is -2.37. The second-order valence-corrected chi connectivity index (χ2v) is 7.77. The molecule has 3 atom stereocenters. The maximum Gasteiger partial charge on any atom is 0.490 e. The summed E-state index contributed by atoms with van der Waals surface area (Å²) in [6.45, 7) is 6.84. The van der Waals surface area contributed by atoms with Crippen molar-refractivity contribution >= 4 is 17.8 Å². The highest BCUT2D eigenvalue weighted by molar-refractivity contribution is 5.93. The fraction of sp³-hybridized carbons (Fsp3) is 0.600. The highest BCUT2D eigenvalue weighted by atomic mass is 19.4.